The third-order valence-electron chi connectivity index (χ3n) is 4.46. The summed E-state index contributed by atoms with van der Waals surface area (Å²) in [6.07, 6.45) is 0. The molecule has 0 radical (unpaired) electrons. The Kier molecular flexibility index (Phi) is 6.74. The number of anilines is 1. The van der Waals surface area contributed by atoms with E-state index in [1.54, 1.807) is 48.3 Å². The van der Waals surface area contributed by atoms with Crippen molar-refractivity contribution in [3.05, 3.63) is 90.0 Å². The molecule has 3 aromatic carbocycles. The minimum Gasteiger partial charge on any atom is -0.494 e. The number of hydrogen-bond donors (Lipinski definition) is 1. The fraction of sp³-hybridized carbons (Fsp3) is 0.174. The van der Waals surface area contributed by atoms with Crippen molar-refractivity contribution in [1.82, 2.24) is 4.90 Å². The van der Waals surface area contributed by atoms with Gasteiger partial charge < -0.3 is 9.64 Å². The summed E-state index contributed by atoms with van der Waals surface area (Å²) in [5, 5.41) is 0. The van der Waals surface area contributed by atoms with Crippen molar-refractivity contribution in [2.75, 3.05) is 18.4 Å². The maximum atomic E-state index is 13.0. The fourth-order valence-electron chi connectivity index (χ4n) is 2.98. The second-order valence-electron chi connectivity index (χ2n) is 6.70. The molecule has 0 aliphatic heterocycles. The van der Waals surface area contributed by atoms with Gasteiger partial charge in [0, 0.05) is 13.6 Å². The lowest BCUT2D eigenvalue weighted by molar-refractivity contribution is 0.0786. The first kappa shape index (κ1) is 21.4. The van der Waals surface area contributed by atoms with E-state index in [-0.39, 0.29) is 22.1 Å². The number of benzene rings is 3. The molecule has 30 heavy (non-hydrogen) atoms. The van der Waals surface area contributed by atoms with Crippen molar-refractivity contribution in [2.45, 2.75) is 18.4 Å². The molecule has 1 amide bonds. The van der Waals surface area contributed by atoms with E-state index in [1.807, 2.05) is 37.3 Å². The molecule has 0 atom stereocenters. The number of hydrogen-bond acceptors (Lipinski definition) is 4. The van der Waals surface area contributed by atoms with E-state index in [2.05, 4.69) is 4.72 Å². The number of ether oxygens (including phenoxy) is 1. The van der Waals surface area contributed by atoms with Crippen molar-refractivity contribution in [3.8, 4) is 5.75 Å². The molecule has 0 saturated carbocycles. The smallest absolute Gasteiger partial charge is 0.261 e. The summed E-state index contributed by atoms with van der Waals surface area (Å²) < 4.78 is 33.5. The highest BCUT2D eigenvalue weighted by Crippen LogP contribution is 2.23. The molecule has 3 rings (SSSR count). The van der Waals surface area contributed by atoms with Crippen molar-refractivity contribution in [1.29, 1.82) is 0 Å². The fourth-order valence-corrected chi connectivity index (χ4v) is 4.06. The van der Waals surface area contributed by atoms with Gasteiger partial charge in [-0.3, -0.25) is 9.52 Å². The summed E-state index contributed by atoms with van der Waals surface area (Å²) in [5.74, 6) is 0.318. The number of nitrogens with zero attached hydrogens (tertiary/aromatic N) is 1. The number of sulfonamides is 1. The molecule has 0 heterocycles. The predicted molar refractivity (Wildman–Crippen MR) is 117 cm³/mol. The zero-order valence-corrected chi connectivity index (χ0v) is 17.7. The van der Waals surface area contributed by atoms with Crippen LogP contribution in [0.1, 0.15) is 22.8 Å². The highest BCUT2D eigenvalue weighted by atomic mass is 32.2. The van der Waals surface area contributed by atoms with Gasteiger partial charge in [-0.15, -0.1) is 0 Å². The summed E-state index contributed by atoms with van der Waals surface area (Å²) in [4.78, 5) is 14.6. The topological polar surface area (TPSA) is 75.7 Å². The van der Waals surface area contributed by atoms with Gasteiger partial charge in [-0.05, 0) is 48.9 Å². The Morgan fingerprint density at radius 1 is 0.933 bits per heavy atom. The average Bonchev–Trinajstić information content (AvgIpc) is 2.75. The molecule has 7 heteroatoms. The Labute approximate surface area is 177 Å². The van der Waals surface area contributed by atoms with Crippen LogP contribution >= 0.6 is 0 Å². The molecule has 1 N–H and O–H groups in total. The Balaban J connectivity index is 1.81. The van der Waals surface area contributed by atoms with Crippen LogP contribution in [0.2, 0.25) is 0 Å². The Morgan fingerprint density at radius 3 is 2.23 bits per heavy atom. The molecule has 0 aliphatic carbocycles. The van der Waals surface area contributed by atoms with E-state index in [0.29, 0.717) is 18.9 Å². The van der Waals surface area contributed by atoms with Crippen LogP contribution in [-0.4, -0.2) is 32.9 Å². The zero-order valence-electron chi connectivity index (χ0n) is 16.9. The highest BCUT2D eigenvalue weighted by molar-refractivity contribution is 7.92. The Morgan fingerprint density at radius 2 is 1.57 bits per heavy atom. The van der Waals surface area contributed by atoms with Crippen LogP contribution in [-0.2, 0) is 16.6 Å². The van der Waals surface area contributed by atoms with Gasteiger partial charge in [0.05, 0.1) is 22.8 Å². The third-order valence-corrected chi connectivity index (χ3v) is 5.84. The first-order chi connectivity index (χ1) is 14.4. The van der Waals surface area contributed by atoms with Gasteiger partial charge in [0.25, 0.3) is 15.9 Å². The molecule has 156 valence electrons. The van der Waals surface area contributed by atoms with Gasteiger partial charge in [-0.1, -0.05) is 42.5 Å². The number of rotatable bonds is 8. The molecule has 0 aliphatic rings. The second kappa shape index (κ2) is 9.45. The standard InChI is InChI=1S/C23H24N2O4S/c1-3-29-19-13-15-20(16-14-19)30(27,28)24-22-12-8-7-11-21(22)23(26)25(2)17-18-9-5-4-6-10-18/h4-16,24H,3,17H2,1-2H3. The average molecular weight is 425 g/mol. The summed E-state index contributed by atoms with van der Waals surface area (Å²) in [5.41, 5.74) is 1.50. The summed E-state index contributed by atoms with van der Waals surface area (Å²) in [6, 6.07) is 22.3. The highest BCUT2D eigenvalue weighted by Gasteiger charge is 2.20. The lowest BCUT2D eigenvalue weighted by atomic mass is 10.1. The molecule has 0 saturated heterocycles. The van der Waals surface area contributed by atoms with Crippen molar-refractivity contribution in [2.24, 2.45) is 0 Å². The van der Waals surface area contributed by atoms with Crippen LogP contribution in [0, 0.1) is 0 Å². The largest absolute Gasteiger partial charge is 0.494 e. The van der Waals surface area contributed by atoms with Gasteiger partial charge in [-0.25, -0.2) is 8.42 Å². The van der Waals surface area contributed by atoms with Crippen LogP contribution < -0.4 is 9.46 Å². The van der Waals surface area contributed by atoms with Crippen molar-refractivity contribution < 1.29 is 17.9 Å². The minimum atomic E-state index is -3.86. The molecule has 0 aromatic heterocycles. The Hall–Kier alpha value is -3.32. The van der Waals surface area contributed by atoms with E-state index in [9.17, 15) is 13.2 Å². The van der Waals surface area contributed by atoms with Crippen molar-refractivity contribution >= 4 is 21.6 Å². The minimum absolute atomic E-state index is 0.0887. The van der Waals surface area contributed by atoms with E-state index in [0.717, 1.165) is 5.56 Å². The SMILES string of the molecule is CCOc1ccc(S(=O)(=O)Nc2ccccc2C(=O)N(C)Cc2ccccc2)cc1. The predicted octanol–water partition coefficient (Wildman–Crippen LogP) is 4.16. The number of carbonyl (C=O) groups is 1. The van der Waals surface area contributed by atoms with Gasteiger partial charge in [0.15, 0.2) is 0 Å². The quantitative estimate of drug-likeness (QED) is 0.589. The van der Waals surface area contributed by atoms with Gasteiger partial charge >= 0.3 is 0 Å². The van der Waals surface area contributed by atoms with Crippen LogP contribution in [0.5, 0.6) is 5.75 Å². The maximum absolute atomic E-state index is 13.0. The summed E-state index contributed by atoms with van der Waals surface area (Å²) >= 11 is 0. The Bertz CT molecular complexity index is 1100. The van der Waals surface area contributed by atoms with E-state index in [4.69, 9.17) is 4.74 Å². The lowest BCUT2D eigenvalue weighted by Gasteiger charge is -2.20. The van der Waals surface area contributed by atoms with E-state index < -0.39 is 10.0 Å². The lowest BCUT2D eigenvalue weighted by Crippen LogP contribution is -2.27. The molecular weight excluding hydrogens is 400 g/mol. The molecule has 0 spiro atoms. The number of nitrogens with one attached hydrogen (secondary N) is 1. The molecule has 0 bridgehead atoms. The molecule has 0 fully saturated rings. The monoisotopic (exact) mass is 424 g/mol. The van der Waals surface area contributed by atoms with Gasteiger partial charge in [-0.2, -0.15) is 0 Å². The molecular formula is C23H24N2O4S. The summed E-state index contributed by atoms with van der Waals surface area (Å²) in [7, 11) is -2.17. The van der Waals surface area contributed by atoms with Crippen LogP contribution in [0.15, 0.2) is 83.8 Å². The normalized spacial score (nSPS) is 11.0. The second-order valence-corrected chi connectivity index (χ2v) is 8.38. The zero-order chi connectivity index (χ0) is 21.6. The van der Waals surface area contributed by atoms with E-state index >= 15 is 0 Å². The van der Waals surface area contributed by atoms with Crippen molar-refractivity contribution in [3.63, 3.8) is 0 Å². The molecule has 3 aromatic rings. The number of carbonyl (C=O) groups excluding carboxylic acids is 1. The molecule has 6 nitrogen and oxygen atoms in total. The van der Waals surface area contributed by atoms with E-state index in [1.165, 1.54) is 12.1 Å². The van der Waals surface area contributed by atoms with Crippen LogP contribution in [0.25, 0.3) is 0 Å². The first-order valence-electron chi connectivity index (χ1n) is 9.55. The number of amides is 1. The first-order valence-corrected chi connectivity index (χ1v) is 11.0. The summed E-state index contributed by atoms with van der Waals surface area (Å²) in [6.45, 7) is 2.77. The van der Waals surface area contributed by atoms with Crippen LogP contribution in [0.3, 0.4) is 0 Å². The third kappa shape index (κ3) is 5.18. The number of para-hydroxylation sites is 1. The van der Waals surface area contributed by atoms with Gasteiger partial charge in [0.2, 0.25) is 0 Å². The van der Waals surface area contributed by atoms with Crippen LogP contribution in [0.4, 0.5) is 5.69 Å². The molecule has 0 unspecified atom stereocenters. The maximum Gasteiger partial charge on any atom is 0.261 e. The van der Waals surface area contributed by atoms with Gasteiger partial charge in [0.1, 0.15) is 5.75 Å².